The quantitative estimate of drug-likeness (QED) is 0.494. The van der Waals surface area contributed by atoms with Crippen LogP contribution in [0.1, 0.15) is 62.9 Å². The summed E-state index contributed by atoms with van der Waals surface area (Å²) in [6.45, 7) is 6.84. The second-order valence-electron chi connectivity index (χ2n) is 7.54. The van der Waals surface area contributed by atoms with Crippen molar-refractivity contribution in [3.05, 3.63) is 21.9 Å². The average molecular weight is 429 g/mol. The highest BCUT2D eigenvalue weighted by molar-refractivity contribution is 5.89. The zero-order chi connectivity index (χ0) is 23.1. The topological polar surface area (TPSA) is 151 Å². The van der Waals surface area contributed by atoms with E-state index < -0.39 is 46.8 Å². The molecule has 11 nitrogen and oxygen atoms in total. The van der Waals surface area contributed by atoms with Crippen LogP contribution in [0, 0.1) is 0 Å². The molecule has 1 rings (SSSR count). The first-order valence-electron chi connectivity index (χ1n) is 9.53. The minimum atomic E-state index is -0.996. The number of rotatable bonds is 9. The largest absolute Gasteiger partial charge is 0.501 e. The number of aliphatic hydroxyl groups is 1. The van der Waals surface area contributed by atoms with Crippen LogP contribution in [-0.2, 0) is 14.2 Å². The highest BCUT2D eigenvalue weighted by Crippen LogP contribution is 2.27. The van der Waals surface area contributed by atoms with Crippen LogP contribution in [0.4, 0.5) is 4.79 Å². The van der Waals surface area contributed by atoms with E-state index in [0.717, 1.165) is 7.11 Å². The molecular weight excluding hydrogens is 398 g/mol. The summed E-state index contributed by atoms with van der Waals surface area (Å²) in [6.07, 6.45) is -0.618. The van der Waals surface area contributed by atoms with Gasteiger partial charge in [0.25, 0.3) is 5.56 Å². The van der Waals surface area contributed by atoms with Crippen molar-refractivity contribution in [1.82, 2.24) is 14.9 Å². The summed E-state index contributed by atoms with van der Waals surface area (Å²) >= 11 is 0. The number of hydrogen-bond acceptors (Lipinski definition) is 9. The molecule has 0 saturated heterocycles. The molecule has 2 atom stereocenters. The molecule has 0 radical (unpaired) electrons. The minimum absolute atomic E-state index is 0.0290. The van der Waals surface area contributed by atoms with Crippen LogP contribution >= 0.6 is 0 Å². The van der Waals surface area contributed by atoms with E-state index in [0.29, 0.717) is 6.42 Å². The Morgan fingerprint density at radius 1 is 1.23 bits per heavy atom. The van der Waals surface area contributed by atoms with E-state index in [4.69, 9.17) is 9.47 Å². The number of nitrogens with zero attached hydrogens (tertiary/aromatic N) is 2. The third kappa shape index (κ3) is 6.70. The van der Waals surface area contributed by atoms with Gasteiger partial charge in [-0.3, -0.25) is 9.69 Å². The maximum absolute atomic E-state index is 12.8. The predicted molar refractivity (Wildman–Crippen MR) is 106 cm³/mol. The average Bonchev–Trinajstić information content (AvgIpc) is 2.67. The third-order valence-electron chi connectivity index (χ3n) is 4.25. The van der Waals surface area contributed by atoms with Gasteiger partial charge in [0.15, 0.2) is 5.69 Å². The Labute approximate surface area is 175 Å². The second kappa shape index (κ2) is 10.9. The molecule has 170 valence electrons. The number of aromatic amines is 1. The summed E-state index contributed by atoms with van der Waals surface area (Å²) in [4.78, 5) is 44.7. The number of amides is 1. The number of methoxy groups -OCH3 is 2. The molecule has 1 amide bonds. The van der Waals surface area contributed by atoms with E-state index in [1.807, 2.05) is 0 Å². The van der Waals surface area contributed by atoms with E-state index in [9.17, 15) is 24.6 Å². The third-order valence-corrected chi connectivity index (χ3v) is 4.25. The van der Waals surface area contributed by atoms with Crippen LogP contribution < -0.4 is 5.56 Å². The van der Waals surface area contributed by atoms with Crippen molar-refractivity contribution in [1.29, 1.82) is 0 Å². The van der Waals surface area contributed by atoms with Crippen LogP contribution in [0.15, 0.2) is 4.79 Å². The van der Waals surface area contributed by atoms with E-state index in [1.54, 1.807) is 27.7 Å². The number of esters is 1. The molecule has 0 aliphatic rings. The van der Waals surface area contributed by atoms with Gasteiger partial charge in [0, 0.05) is 13.7 Å². The minimum Gasteiger partial charge on any atom is -0.501 e. The Hall–Kier alpha value is -2.66. The van der Waals surface area contributed by atoms with Crippen molar-refractivity contribution in [2.45, 2.75) is 58.3 Å². The molecule has 0 spiro atoms. The monoisotopic (exact) mass is 429 g/mol. The Balaban J connectivity index is 3.45. The number of aromatic nitrogens is 2. The van der Waals surface area contributed by atoms with Gasteiger partial charge >= 0.3 is 12.1 Å². The molecule has 0 bridgehead atoms. The van der Waals surface area contributed by atoms with Crippen molar-refractivity contribution >= 4 is 12.1 Å². The lowest BCUT2D eigenvalue weighted by Crippen LogP contribution is -2.41. The lowest BCUT2D eigenvalue weighted by molar-refractivity contribution is 0.00854. The summed E-state index contributed by atoms with van der Waals surface area (Å²) in [7, 11) is 2.53. The normalized spacial score (nSPS) is 13.4. The van der Waals surface area contributed by atoms with E-state index >= 15 is 0 Å². The molecule has 30 heavy (non-hydrogen) atoms. The Morgan fingerprint density at radius 2 is 1.87 bits per heavy atom. The number of nitrogens with one attached hydrogen (secondary N) is 1. The van der Waals surface area contributed by atoms with Gasteiger partial charge < -0.3 is 29.4 Å². The molecule has 11 heteroatoms. The van der Waals surface area contributed by atoms with Gasteiger partial charge in [-0.15, -0.1) is 0 Å². The Bertz CT molecular complexity index is 783. The lowest BCUT2D eigenvalue weighted by Gasteiger charge is -2.33. The zero-order valence-corrected chi connectivity index (χ0v) is 18.2. The molecular formula is C19H31N3O8. The fraction of sp³-hybridized carbons (Fsp3) is 0.684. The summed E-state index contributed by atoms with van der Waals surface area (Å²) in [5.74, 6) is -1.91. The van der Waals surface area contributed by atoms with Crippen molar-refractivity contribution in [2.75, 3.05) is 27.4 Å². The van der Waals surface area contributed by atoms with E-state index in [1.165, 1.54) is 12.0 Å². The second-order valence-corrected chi connectivity index (χ2v) is 7.54. The number of aromatic hydroxyl groups is 1. The lowest BCUT2D eigenvalue weighted by atomic mass is 10.1. The van der Waals surface area contributed by atoms with Crippen LogP contribution in [0.3, 0.4) is 0 Å². The van der Waals surface area contributed by atoms with Crippen LogP contribution in [0.5, 0.6) is 5.75 Å². The first-order chi connectivity index (χ1) is 14.0. The van der Waals surface area contributed by atoms with Crippen LogP contribution in [-0.4, -0.2) is 76.2 Å². The fourth-order valence-corrected chi connectivity index (χ4v) is 2.75. The molecule has 0 aliphatic carbocycles. The predicted octanol–water partition coefficient (Wildman–Crippen LogP) is 1.35. The van der Waals surface area contributed by atoms with Crippen molar-refractivity contribution in [3.8, 4) is 5.75 Å². The Kier molecular flexibility index (Phi) is 9.24. The molecule has 0 aliphatic heterocycles. The molecule has 0 aromatic carbocycles. The number of hydrogen-bond donors (Lipinski definition) is 3. The summed E-state index contributed by atoms with van der Waals surface area (Å²) in [5.41, 5.74) is -2.27. The van der Waals surface area contributed by atoms with Crippen LogP contribution in [0.2, 0.25) is 0 Å². The number of ether oxygens (including phenoxy) is 3. The van der Waals surface area contributed by atoms with Gasteiger partial charge in [-0.05, 0) is 40.5 Å². The van der Waals surface area contributed by atoms with Gasteiger partial charge in [0.2, 0.25) is 5.75 Å². The molecule has 0 saturated carbocycles. The smallest absolute Gasteiger partial charge is 0.410 e. The molecule has 1 aromatic heterocycles. The molecule has 3 N–H and O–H groups in total. The van der Waals surface area contributed by atoms with Crippen molar-refractivity contribution in [3.63, 3.8) is 0 Å². The van der Waals surface area contributed by atoms with E-state index in [-0.39, 0.29) is 25.4 Å². The maximum atomic E-state index is 12.8. The van der Waals surface area contributed by atoms with Crippen molar-refractivity contribution in [2.24, 2.45) is 0 Å². The number of H-pyrrole nitrogens is 1. The highest BCUT2D eigenvalue weighted by Gasteiger charge is 2.32. The highest BCUT2D eigenvalue weighted by atomic mass is 16.6. The SMILES string of the molecule is CCN(C(=O)OC(C)(C)C)C(CC[C@@H](CO)OC)c1nc(C(=O)OC)c(O)c(=O)[nH]1. The summed E-state index contributed by atoms with van der Waals surface area (Å²) < 4.78 is 15.2. The Morgan fingerprint density at radius 3 is 2.33 bits per heavy atom. The van der Waals surface area contributed by atoms with Gasteiger partial charge in [-0.1, -0.05) is 0 Å². The molecule has 0 fully saturated rings. The molecule has 1 aromatic rings. The molecule has 1 heterocycles. The maximum Gasteiger partial charge on any atom is 0.410 e. The van der Waals surface area contributed by atoms with E-state index in [2.05, 4.69) is 14.7 Å². The van der Waals surface area contributed by atoms with Crippen molar-refractivity contribution < 1.29 is 34.0 Å². The number of carbonyl (C=O) groups is 2. The van der Waals surface area contributed by atoms with Crippen LogP contribution in [0.25, 0.3) is 0 Å². The fourth-order valence-electron chi connectivity index (χ4n) is 2.75. The number of aliphatic hydroxyl groups excluding tert-OH is 1. The van der Waals surface area contributed by atoms with Gasteiger partial charge in [-0.2, -0.15) is 0 Å². The van der Waals surface area contributed by atoms with Gasteiger partial charge in [-0.25, -0.2) is 14.6 Å². The van der Waals surface area contributed by atoms with Gasteiger partial charge in [0.05, 0.1) is 25.9 Å². The summed E-state index contributed by atoms with van der Waals surface area (Å²) in [6, 6.07) is -0.828. The van der Waals surface area contributed by atoms with Gasteiger partial charge in [0.1, 0.15) is 11.4 Å². The zero-order valence-electron chi connectivity index (χ0n) is 18.2. The summed E-state index contributed by atoms with van der Waals surface area (Å²) in [5, 5.41) is 19.3. The standard InChI is InChI=1S/C19H31N3O8/c1-7-22(18(27)30-19(2,3)4)12(9-8-11(10-23)28-5)15-20-13(17(26)29-6)14(24)16(25)21-15/h11-12,23-24H,7-10H2,1-6H3,(H,20,21,25)/t11-,12?/m0/s1. The molecule has 1 unspecified atom stereocenters. The number of carbonyl (C=O) groups excluding carboxylic acids is 2. The first-order valence-corrected chi connectivity index (χ1v) is 9.53. The first kappa shape index (κ1) is 25.4.